The fourth-order valence-electron chi connectivity index (χ4n) is 9.61. The number of esters is 2. The first-order valence-corrected chi connectivity index (χ1v) is 22.0. The SMILES string of the molecule is CC[C@H]1OC(=O)[C@H](C)C(=O)[C@H](C)[C@@H](O[C@@H]2O[C@H](C)C[C@H](N(C)C)[C@H]2OC(=O)c2ccccc2)[C@@](C)(OC/C=C/c2cnc3ccccc3c2)C[C@@H](C)C(=O)[C@H](C)[C@H]2NC(=O)O[C@@]21C. The molecule has 0 unspecified atom stereocenters. The Labute approximate surface area is 370 Å². The lowest BCUT2D eigenvalue weighted by Gasteiger charge is -2.48. The minimum Gasteiger partial charge on any atom is -0.458 e. The van der Waals surface area contributed by atoms with Crippen LogP contribution in [0.2, 0.25) is 0 Å². The summed E-state index contributed by atoms with van der Waals surface area (Å²) in [5, 5.41) is 3.78. The normalized spacial score (nSPS) is 34.6. The van der Waals surface area contributed by atoms with Gasteiger partial charge in [0, 0.05) is 29.3 Å². The van der Waals surface area contributed by atoms with Gasteiger partial charge in [-0.1, -0.05) is 76.2 Å². The largest absolute Gasteiger partial charge is 0.458 e. The lowest BCUT2D eigenvalue weighted by molar-refractivity contribution is -0.296. The second kappa shape index (κ2) is 19.8. The Kier molecular flexibility index (Phi) is 14.9. The van der Waals surface area contributed by atoms with Gasteiger partial charge in [-0.3, -0.25) is 19.4 Å². The van der Waals surface area contributed by atoms with Crippen molar-refractivity contribution in [2.45, 2.75) is 129 Å². The highest BCUT2D eigenvalue weighted by Crippen LogP contribution is 2.41. The lowest BCUT2D eigenvalue weighted by atomic mass is 9.73. The number of alkyl carbamates (subject to hydrolysis) is 1. The fraction of sp³-hybridized carbons (Fsp3) is 0.551. The number of carbonyl (C=O) groups is 5. The number of carbonyl (C=O) groups excluding carboxylic acids is 5. The number of nitrogens with one attached hydrogen (secondary N) is 1. The molecule has 1 N–H and O–H groups in total. The van der Waals surface area contributed by atoms with Crippen LogP contribution in [0.25, 0.3) is 17.0 Å². The monoisotopic (exact) mass is 869 g/mol. The van der Waals surface area contributed by atoms with Crippen LogP contribution in [0, 0.1) is 23.7 Å². The van der Waals surface area contributed by atoms with Crippen LogP contribution in [0.15, 0.2) is 72.9 Å². The Morgan fingerprint density at radius 2 is 1.65 bits per heavy atom. The molecule has 0 radical (unpaired) electrons. The van der Waals surface area contributed by atoms with Gasteiger partial charge in [0.1, 0.15) is 17.8 Å². The number of amides is 1. The second-order valence-corrected chi connectivity index (χ2v) is 18.1. The number of hydrogen-bond donors (Lipinski definition) is 1. The summed E-state index contributed by atoms with van der Waals surface area (Å²) >= 11 is 0. The standard InChI is InChI=1S/C49H63N3O11/c1-11-38-49(8)42(51-47(57)63-49)30(4)39(53)28(2)26-48(7,58-23-17-18-33-25-35-21-15-16-22-36(35)50-27-33)43(31(5)40(54)32(6)44(55)60-38)62-46-41(37(52(9)10)24-29(3)59-46)61-45(56)34-19-13-12-14-20-34/h12-22,25,27-32,37-38,41-43,46H,11,23-24,26H2,1-10H3,(H,51,57)/b18-17+/t28-,29-,30+,31+,32-,37+,38-,41-,42-,43-,46+,48+,49-/m1/s1. The third-order valence-electron chi connectivity index (χ3n) is 13.1. The summed E-state index contributed by atoms with van der Waals surface area (Å²) < 4.78 is 38.5. The molecule has 3 aliphatic rings. The molecule has 3 fully saturated rings. The molecule has 0 bridgehead atoms. The number of aromatic nitrogens is 1. The molecular formula is C49H63N3O11. The van der Waals surface area contributed by atoms with Crippen molar-refractivity contribution in [1.29, 1.82) is 0 Å². The molecular weight excluding hydrogens is 807 g/mol. The van der Waals surface area contributed by atoms with Crippen molar-refractivity contribution in [2.24, 2.45) is 23.7 Å². The average molecular weight is 870 g/mol. The minimum absolute atomic E-state index is 0.0234. The van der Waals surface area contributed by atoms with Crippen molar-refractivity contribution in [2.75, 3.05) is 20.7 Å². The van der Waals surface area contributed by atoms with E-state index in [4.69, 9.17) is 28.4 Å². The molecule has 1 aromatic heterocycles. The number of rotatable bonds is 10. The number of para-hydroxylation sites is 1. The predicted octanol–water partition coefficient (Wildman–Crippen LogP) is 6.97. The summed E-state index contributed by atoms with van der Waals surface area (Å²) in [5.74, 6) is -5.97. The fourth-order valence-corrected chi connectivity index (χ4v) is 9.61. The van der Waals surface area contributed by atoms with Crippen LogP contribution in [-0.2, 0) is 42.8 Å². The Bertz CT molecular complexity index is 2160. The van der Waals surface area contributed by atoms with Crippen LogP contribution in [0.5, 0.6) is 0 Å². The summed E-state index contributed by atoms with van der Waals surface area (Å²) in [7, 11) is 3.77. The molecule has 13 atom stereocenters. The van der Waals surface area contributed by atoms with Gasteiger partial charge in [-0.2, -0.15) is 0 Å². The van der Waals surface area contributed by atoms with Gasteiger partial charge < -0.3 is 38.6 Å². The first-order chi connectivity index (χ1) is 29.9. The highest BCUT2D eigenvalue weighted by molar-refractivity contribution is 6.00. The Balaban J connectivity index is 1.43. The molecule has 63 heavy (non-hydrogen) atoms. The van der Waals surface area contributed by atoms with E-state index in [9.17, 15) is 24.0 Å². The van der Waals surface area contributed by atoms with E-state index in [2.05, 4.69) is 10.3 Å². The molecule has 14 nitrogen and oxygen atoms in total. The van der Waals surface area contributed by atoms with Crippen molar-refractivity contribution in [3.63, 3.8) is 0 Å². The number of fused-ring (bicyclic) bond motifs is 2. The smallest absolute Gasteiger partial charge is 0.408 e. The third kappa shape index (κ3) is 10.4. The summed E-state index contributed by atoms with van der Waals surface area (Å²) in [6.45, 7) is 13.8. The van der Waals surface area contributed by atoms with Crippen LogP contribution in [-0.4, -0.2) is 114 Å². The van der Waals surface area contributed by atoms with Gasteiger partial charge in [-0.25, -0.2) is 9.59 Å². The first kappa shape index (κ1) is 47.5. The number of hydrogen-bond acceptors (Lipinski definition) is 13. The maximum absolute atomic E-state index is 14.8. The molecule has 14 heteroatoms. The first-order valence-electron chi connectivity index (χ1n) is 22.0. The van der Waals surface area contributed by atoms with E-state index in [1.54, 1.807) is 78.1 Å². The minimum atomic E-state index is -1.43. The molecule has 1 amide bonds. The maximum atomic E-state index is 14.8. The second-order valence-electron chi connectivity index (χ2n) is 18.1. The zero-order valence-corrected chi connectivity index (χ0v) is 38.1. The highest BCUT2D eigenvalue weighted by atomic mass is 16.7. The van der Waals surface area contributed by atoms with Gasteiger partial charge in [-0.15, -0.1) is 0 Å². The van der Waals surface area contributed by atoms with Crippen molar-refractivity contribution < 1.29 is 52.4 Å². The predicted molar refractivity (Wildman–Crippen MR) is 235 cm³/mol. The summed E-state index contributed by atoms with van der Waals surface area (Å²) in [6.07, 6.45) is 0.842. The molecule has 4 heterocycles. The topological polar surface area (TPSA) is 169 Å². The molecule has 3 aliphatic heterocycles. The summed E-state index contributed by atoms with van der Waals surface area (Å²) in [5.41, 5.74) is -0.798. The molecule has 6 rings (SSSR count). The van der Waals surface area contributed by atoms with E-state index in [0.29, 0.717) is 12.0 Å². The molecule has 0 aliphatic carbocycles. The van der Waals surface area contributed by atoms with E-state index in [1.165, 1.54) is 6.92 Å². The van der Waals surface area contributed by atoms with Gasteiger partial charge in [0.15, 0.2) is 23.8 Å². The quantitative estimate of drug-likeness (QED) is 0.126. The number of ketones is 2. The van der Waals surface area contributed by atoms with Crippen LogP contribution >= 0.6 is 0 Å². The number of pyridine rings is 1. The molecule has 340 valence electrons. The van der Waals surface area contributed by atoms with E-state index >= 15 is 0 Å². The Morgan fingerprint density at radius 1 is 0.952 bits per heavy atom. The van der Waals surface area contributed by atoms with Crippen LogP contribution < -0.4 is 5.32 Å². The third-order valence-corrected chi connectivity index (χ3v) is 13.1. The van der Waals surface area contributed by atoms with Crippen molar-refractivity contribution in [1.82, 2.24) is 15.2 Å². The van der Waals surface area contributed by atoms with Crippen molar-refractivity contribution in [3.8, 4) is 0 Å². The van der Waals surface area contributed by atoms with Crippen LogP contribution in [0.1, 0.15) is 90.6 Å². The van der Waals surface area contributed by atoms with Crippen molar-refractivity contribution in [3.05, 3.63) is 84.1 Å². The van der Waals surface area contributed by atoms with Gasteiger partial charge in [0.05, 0.1) is 47.6 Å². The average Bonchev–Trinajstić information content (AvgIpc) is 3.58. The zero-order chi connectivity index (χ0) is 45.8. The van der Waals surface area contributed by atoms with E-state index < -0.39 is 89.3 Å². The maximum Gasteiger partial charge on any atom is 0.408 e. The van der Waals surface area contributed by atoms with Gasteiger partial charge in [-0.05, 0) is 90.9 Å². The highest BCUT2D eigenvalue weighted by Gasteiger charge is 2.57. The van der Waals surface area contributed by atoms with Gasteiger partial charge >= 0.3 is 18.0 Å². The summed E-state index contributed by atoms with van der Waals surface area (Å²) in [6, 6.07) is 17.2. The zero-order valence-electron chi connectivity index (χ0n) is 38.1. The molecule has 3 saturated heterocycles. The number of benzene rings is 2. The lowest BCUT2D eigenvalue weighted by Crippen LogP contribution is -2.61. The number of Topliss-reactive ketones (excluding diaryl/α,β-unsaturated/α-hetero) is 2. The van der Waals surface area contributed by atoms with Gasteiger partial charge in [0.25, 0.3) is 0 Å². The van der Waals surface area contributed by atoms with Crippen LogP contribution in [0.3, 0.4) is 0 Å². The Morgan fingerprint density at radius 3 is 2.35 bits per heavy atom. The van der Waals surface area contributed by atoms with Crippen LogP contribution in [0.4, 0.5) is 4.79 Å². The molecule has 2 aromatic carbocycles. The molecule has 3 aromatic rings. The van der Waals surface area contributed by atoms with E-state index in [1.807, 2.05) is 68.4 Å². The number of nitrogens with zero attached hydrogens (tertiary/aromatic N) is 2. The Hall–Kier alpha value is -5.02. The van der Waals surface area contributed by atoms with Gasteiger partial charge in [0.2, 0.25) is 0 Å². The van der Waals surface area contributed by atoms with E-state index in [0.717, 1.165) is 16.5 Å². The molecule has 0 spiro atoms. The summed E-state index contributed by atoms with van der Waals surface area (Å²) in [4.78, 5) is 76.6. The van der Waals surface area contributed by atoms with E-state index in [-0.39, 0.29) is 37.4 Å². The van der Waals surface area contributed by atoms with Crippen molar-refractivity contribution >= 4 is 46.6 Å². The molecule has 0 saturated carbocycles. The number of cyclic esters (lactones) is 1. The number of likely N-dealkylation sites (N-methyl/N-ethyl adjacent to an activating group) is 1. The number of ether oxygens (including phenoxy) is 6.